The molecule has 1 atom stereocenters. The van der Waals surface area contributed by atoms with E-state index in [0.717, 1.165) is 12.1 Å². The molecule has 2 rings (SSSR count). The number of nitrogens with one attached hydrogen (secondary N) is 1. The molecule has 2 aromatic rings. The van der Waals surface area contributed by atoms with Crippen molar-refractivity contribution in [1.29, 1.82) is 0 Å². The summed E-state index contributed by atoms with van der Waals surface area (Å²) in [6, 6.07) is 8.38. The Morgan fingerprint density at radius 3 is 2.59 bits per heavy atom. The molecule has 0 fully saturated rings. The van der Waals surface area contributed by atoms with E-state index in [9.17, 15) is 28.5 Å². The maximum atomic E-state index is 13.6. The number of amides is 2. The highest BCUT2D eigenvalue weighted by atomic mass is 19.1. The maximum absolute atomic E-state index is 13.6. The van der Waals surface area contributed by atoms with E-state index >= 15 is 0 Å². The van der Waals surface area contributed by atoms with Crippen molar-refractivity contribution in [3.8, 4) is 0 Å². The molecule has 0 saturated heterocycles. The second-order valence-electron chi connectivity index (χ2n) is 6.52. The lowest BCUT2D eigenvalue weighted by molar-refractivity contribution is -0.384. The predicted octanol–water partition coefficient (Wildman–Crippen LogP) is 3.60. The summed E-state index contributed by atoms with van der Waals surface area (Å²) >= 11 is 0. The van der Waals surface area contributed by atoms with Gasteiger partial charge in [-0.25, -0.2) is 8.78 Å². The number of non-ortho nitro benzene ring substituents is 1. The van der Waals surface area contributed by atoms with E-state index in [1.165, 1.54) is 17.0 Å². The first kappa shape index (κ1) is 21.9. The number of nitrogens with zero attached hydrogens (tertiary/aromatic N) is 2. The van der Waals surface area contributed by atoms with Gasteiger partial charge in [0.2, 0.25) is 5.91 Å². The first-order valence-electron chi connectivity index (χ1n) is 8.94. The number of halogens is 2. The van der Waals surface area contributed by atoms with Gasteiger partial charge in [0.1, 0.15) is 11.6 Å². The fourth-order valence-electron chi connectivity index (χ4n) is 2.72. The third kappa shape index (κ3) is 5.81. The average Bonchev–Trinajstić information content (AvgIpc) is 2.69. The van der Waals surface area contributed by atoms with Crippen molar-refractivity contribution in [1.82, 2.24) is 10.2 Å². The Morgan fingerprint density at radius 2 is 1.93 bits per heavy atom. The summed E-state index contributed by atoms with van der Waals surface area (Å²) in [7, 11) is 1.60. The minimum absolute atomic E-state index is 0.0501. The van der Waals surface area contributed by atoms with Crippen LogP contribution in [0.1, 0.15) is 41.7 Å². The SMILES string of the molecule is C[C@@H](c1cccc([N+](=O)[O-])c1)N(C)C(=O)CCCNC(=O)c1ccc(F)cc1F. The molecule has 0 aliphatic heterocycles. The van der Waals surface area contributed by atoms with Crippen molar-refractivity contribution in [3.63, 3.8) is 0 Å². The van der Waals surface area contributed by atoms with Crippen molar-refractivity contribution in [3.05, 3.63) is 75.3 Å². The molecule has 0 spiro atoms. The molecule has 0 aliphatic carbocycles. The van der Waals surface area contributed by atoms with Gasteiger partial charge in [-0.05, 0) is 31.0 Å². The molecule has 9 heteroatoms. The van der Waals surface area contributed by atoms with E-state index in [0.29, 0.717) is 18.1 Å². The lowest BCUT2D eigenvalue weighted by Crippen LogP contribution is -2.31. The van der Waals surface area contributed by atoms with Gasteiger partial charge in [-0.15, -0.1) is 0 Å². The molecule has 0 aromatic heterocycles. The summed E-state index contributed by atoms with van der Waals surface area (Å²) in [5.74, 6) is -2.62. The van der Waals surface area contributed by atoms with Crippen molar-refractivity contribution in [2.75, 3.05) is 13.6 Å². The second kappa shape index (κ2) is 9.72. The van der Waals surface area contributed by atoms with Crippen LogP contribution in [0.15, 0.2) is 42.5 Å². The molecule has 154 valence electrons. The minimum atomic E-state index is -0.955. The van der Waals surface area contributed by atoms with Gasteiger partial charge >= 0.3 is 0 Å². The Morgan fingerprint density at radius 1 is 1.21 bits per heavy atom. The van der Waals surface area contributed by atoms with Gasteiger partial charge < -0.3 is 10.2 Å². The van der Waals surface area contributed by atoms with Crippen LogP contribution in [-0.4, -0.2) is 35.2 Å². The molecule has 0 aliphatic rings. The topological polar surface area (TPSA) is 92.6 Å². The van der Waals surface area contributed by atoms with Crippen molar-refractivity contribution >= 4 is 17.5 Å². The third-order valence-corrected chi connectivity index (χ3v) is 4.57. The third-order valence-electron chi connectivity index (χ3n) is 4.57. The van der Waals surface area contributed by atoms with Crippen molar-refractivity contribution in [2.24, 2.45) is 0 Å². The number of hydrogen-bond acceptors (Lipinski definition) is 4. The number of benzene rings is 2. The zero-order chi connectivity index (χ0) is 21.6. The highest BCUT2D eigenvalue weighted by Crippen LogP contribution is 2.23. The molecule has 1 N–H and O–H groups in total. The van der Waals surface area contributed by atoms with E-state index < -0.39 is 22.5 Å². The van der Waals surface area contributed by atoms with Crippen LogP contribution in [0.3, 0.4) is 0 Å². The Hall–Kier alpha value is -3.36. The zero-order valence-corrected chi connectivity index (χ0v) is 16.0. The largest absolute Gasteiger partial charge is 0.352 e. The quantitative estimate of drug-likeness (QED) is 0.413. The summed E-state index contributed by atoms with van der Waals surface area (Å²) in [6.45, 7) is 1.90. The van der Waals surface area contributed by atoms with Gasteiger partial charge in [0, 0.05) is 38.2 Å². The van der Waals surface area contributed by atoms with Crippen molar-refractivity contribution < 1.29 is 23.3 Å². The average molecular weight is 405 g/mol. The molecule has 2 amide bonds. The maximum Gasteiger partial charge on any atom is 0.269 e. The van der Waals surface area contributed by atoms with Gasteiger partial charge in [-0.3, -0.25) is 19.7 Å². The molecule has 0 radical (unpaired) electrons. The molecule has 0 bridgehead atoms. The van der Waals surface area contributed by atoms with Gasteiger partial charge in [-0.2, -0.15) is 0 Å². The number of rotatable bonds is 8. The molecule has 0 saturated carbocycles. The molecule has 7 nitrogen and oxygen atoms in total. The van der Waals surface area contributed by atoms with Gasteiger partial charge in [0.05, 0.1) is 16.5 Å². The van der Waals surface area contributed by atoms with Crippen LogP contribution in [0, 0.1) is 21.7 Å². The van der Waals surface area contributed by atoms with E-state index in [-0.39, 0.29) is 36.2 Å². The monoisotopic (exact) mass is 405 g/mol. The fraction of sp³-hybridized carbons (Fsp3) is 0.300. The molecular weight excluding hydrogens is 384 g/mol. The summed E-state index contributed by atoms with van der Waals surface area (Å²) in [5.41, 5.74) is 0.315. The smallest absolute Gasteiger partial charge is 0.269 e. The number of hydrogen-bond donors (Lipinski definition) is 1. The highest BCUT2D eigenvalue weighted by molar-refractivity contribution is 5.94. The standard InChI is InChI=1S/C20H21F2N3O4/c1-13(14-5-3-6-16(11-14)25(28)29)24(2)19(26)7-4-10-23-20(27)17-9-8-15(21)12-18(17)22/h3,5-6,8-9,11-13H,4,7,10H2,1-2H3,(H,23,27)/t13-/m0/s1. The fourth-order valence-corrected chi connectivity index (χ4v) is 2.72. The zero-order valence-electron chi connectivity index (χ0n) is 16.0. The van der Waals surface area contributed by atoms with E-state index in [4.69, 9.17) is 0 Å². The van der Waals surface area contributed by atoms with Crippen LogP contribution in [0.4, 0.5) is 14.5 Å². The van der Waals surface area contributed by atoms with E-state index in [1.807, 2.05) is 0 Å². The Bertz CT molecular complexity index is 920. The van der Waals surface area contributed by atoms with Gasteiger partial charge in [0.25, 0.3) is 11.6 Å². The second-order valence-corrected chi connectivity index (χ2v) is 6.52. The number of carbonyl (C=O) groups is 2. The van der Waals surface area contributed by atoms with Gasteiger partial charge in [0.15, 0.2) is 0 Å². The van der Waals surface area contributed by atoms with Gasteiger partial charge in [-0.1, -0.05) is 12.1 Å². The minimum Gasteiger partial charge on any atom is -0.352 e. The molecular formula is C20H21F2N3O4. The molecule has 0 heterocycles. The predicted molar refractivity (Wildman–Crippen MR) is 102 cm³/mol. The summed E-state index contributed by atoms with van der Waals surface area (Å²) in [6.07, 6.45) is 0.446. The van der Waals surface area contributed by atoms with E-state index in [2.05, 4.69) is 5.32 Å². The highest BCUT2D eigenvalue weighted by Gasteiger charge is 2.19. The van der Waals surface area contributed by atoms with Crippen LogP contribution >= 0.6 is 0 Å². The number of nitro groups is 1. The molecule has 29 heavy (non-hydrogen) atoms. The number of carbonyl (C=O) groups excluding carboxylic acids is 2. The summed E-state index contributed by atoms with van der Waals surface area (Å²) in [4.78, 5) is 36.1. The van der Waals surface area contributed by atoms with Crippen LogP contribution < -0.4 is 5.32 Å². The normalized spacial score (nSPS) is 11.6. The van der Waals surface area contributed by atoms with Crippen LogP contribution in [0.25, 0.3) is 0 Å². The Balaban J connectivity index is 1.84. The van der Waals surface area contributed by atoms with E-state index in [1.54, 1.807) is 26.1 Å². The van der Waals surface area contributed by atoms with Crippen LogP contribution in [0.5, 0.6) is 0 Å². The van der Waals surface area contributed by atoms with Crippen molar-refractivity contribution in [2.45, 2.75) is 25.8 Å². The Labute approximate surface area is 166 Å². The van der Waals surface area contributed by atoms with Crippen LogP contribution in [-0.2, 0) is 4.79 Å². The number of nitro benzene ring substituents is 1. The summed E-state index contributed by atoms with van der Waals surface area (Å²) < 4.78 is 26.5. The summed E-state index contributed by atoms with van der Waals surface area (Å²) in [5, 5.41) is 13.4. The Kier molecular flexibility index (Phi) is 7.35. The molecule has 2 aromatic carbocycles. The lowest BCUT2D eigenvalue weighted by atomic mass is 10.1. The first-order valence-corrected chi connectivity index (χ1v) is 8.94. The first-order chi connectivity index (χ1) is 13.7. The lowest BCUT2D eigenvalue weighted by Gasteiger charge is -2.25. The molecule has 0 unspecified atom stereocenters. The van der Waals surface area contributed by atoms with Crippen LogP contribution in [0.2, 0.25) is 0 Å².